The molecule has 0 saturated carbocycles. The second kappa shape index (κ2) is 6.14. The minimum atomic E-state index is -0.102. The number of hydrogen-bond acceptors (Lipinski definition) is 3. The fraction of sp³-hybridized carbons (Fsp3) is 0.500. The van der Waals surface area contributed by atoms with E-state index in [1.807, 2.05) is 52.0 Å². The zero-order valence-electron chi connectivity index (χ0n) is 11.4. The average Bonchev–Trinajstić information content (AvgIpc) is 2.26. The van der Waals surface area contributed by atoms with Crippen LogP contribution in [0.25, 0.3) is 0 Å². The average molecular weight is 266 g/mol. The number of nitrogens with one attached hydrogen (secondary N) is 2. The van der Waals surface area contributed by atoms with E-state index in [4.69, 9.17) is 0 Å². The summed E-state index contributed by atoms with van der Waals surface area (Å²) < 4.78 is -0.102. The Hall–Kier alpha value is -1.16. The summed E-state index contributed by atoms with van der Waals surface area (Å²) in [6.45, 7) is 8.56. The highest BCUT2D eigenvalue weighted by Crippen LogP contribution is 2.23. The molecule has 4 heteroatoms. The Morgan fingerprint density at radius 2 is 1.83 bits per heavy atom. The summed E-state index contributed by atoms with van der Waals surface area (Å²) in [5.41, 5.74) is 1.74. The fourth-order valence-electron chi connectivity index (χ4n) is 1.33. The van der Waals surface area contributed by atoms with Crippen molar-refractivity contribution < 1.29 is 4.79 Å². The van der Waals surface area contributed by atoms with Gasteiger partial charge in [0.15, 0.2) is 0 Å². The van der Waals surface area contributed by atoms with Crippen molar-refractivity contribution in [3.63, 3.8) is 0 Å². The van der Waals surface area contributed by atoms with E-state index in [1.54, 1.807) is 0 Å². The molecule has 0 aliphatic heterocycles. The first-order chi connectivity index (χ1) is 8.29. The molecule has 0 aliphatic carbocycles. The van der Waals surface area contributed by atoms with Crippen molar-refractivity contribution in [3.05, 3.63) is 24.3 Å². The quantitative estimate of drug-likeness (QED) is 0.715. The van der Waals surface area contributed by atoms with Crippen LogP contribution in [0.15, 0.2) is 24.3 Å². The maximum Gasteiger partial charge on any atom is 0.226 e. The first-order valence-electron chi connectivity index (χ1n) is 6.16. The number of thiol groups is 1. The van der Waals surface area contributed by atoms with Crippen LogP contribution in [0.4, 0.5) is 11.4 Å². The molecule has 0 unspecified atom stereocenters. The lowest BCUT2D eigenvalue weighted by molar-refractivity contribution is -0.118. The largest absolute Gasteiger partial charge is 0.382 e. The number of hydrogen-bond donors (Lipinski definition) is 3. The molecule has 0 fully saturated rings. The SMILES string of the molecule is CC(C)C(=O)Nc1ccccc1NCC(C)(C)S. The first-order valence-corrected chi connectivity index (χ1v) is 6.60. The van der Waals surface area contributed by atoms with Crippen molar-refractivity contribution in [1.29, 1.82) is 0 Å². The van der Waals surface area contributed by atoms with E-state index in [1.165, 1.54) is 0 Å². The van der Waals surface area contributed by atoms with E-state index in [0.717, 1.165) is 17.9 Å². The van der Waals surface area contributed by atoms with Gasteiger partial charge in [0.25, 0.3) is 0 Å². The topological polar surface area (TPSA) is 41.1 Å². The monoisotopic (exact) mass is 266 g/mol. The highest BCUT2D eigenvalue weighted by atomic mass is 32.1. The van der Waals surface area contributed by atoms with E-state index < -0.39 is 0 Å². The molecule has 1 rings (SSSR count). The molecule has 1 amide bonds. The van der Waals surface area contributed by atoms with E-state index in [0.29, 0.717) is 0 Å². The Bertz CT molecular complexity index is 411. The van der Waals surface area contributed by atoms with Crippen LogP contribution in [-0.4, -0.2) is 17.2 Å². The van der Waals surface area contributed by atoms with Gasteiger partial charge in [-0.3, -0.25) is 4.79 Å². The molecule has 0 spiro atoms. The lowest BCUT2D eigenvalue weighted by atomic mass is 10.1. The summed E-state index contributed by atoms with van der Waals surface area (Å²) in [6.07, 6.45) is 0. The van der Waals surface area contributed by atoms with Crippen molar-refractivity contribution >= 4 is 29.9 Å². The Morgan fingerprint density at radius 1 is 1.28 bits per heavy atom. The molecule has 100 valence electrons. The molecular formula is C14H22N2OS. The standard InChI is InChI=1S/C14H22N2OS/c1-10(2)13(17)16-12-8-6-5-7-11(12)15-9-14(3,4)18/h5-8,10,15,18H,9H2,1-4H3,(H,16,17). The summed E-state index contributed by atoms with van der Waals surface area (Å²) in [5.74, 6) is -0.00578. The van der Waals surface area contributed by atoms with Crippen LogP contribution < -0.4 is 10.6 Å². The molecule has 0 radical (unpaired) electrons. The summed E-state index contributed by atoms with van der Waals surface area (Å²) in [5, 5.41) is 6.23. The zero-order valence-corrected chi connectivity index (χ0v) is 12.3. The minimum Gasteiger partial charge on any atom is -0.382 e. The molecule has 0 atom stereocenters. The second-order valence-electron chi connectivity index (χ2n) is 5.36. The Morgan fingerprint density at radius 3 is 2.33 bits per heavy atom. The van der Waals surface area contributed by atoms with Crippen LogP contribution in [0.3, 0.4) is 0 Å². The number of anilines is 2. The zero-order chi connectivity index (χ0) is 13.8. The summed E-state index contributed by atoms with van der Waals surface area (Å²) in [6, 6.07) is 7.70. The van der Waals surface area contributed by atoms with Gasteiger partial charge in [-0.2, -0.15) is 12.6 Å². The molecule has 0 saturated heterocycles. The number of carbonyl (C=O) groups excluding carboxylic acids is 1. The third-order valence-corrected chi connectivity index (χ3v) is 2.58. The Kier molecular flexibility index (Phi) is 5.08. The lowest BCUT2D eigenvalue weighted by Crippen LogP contribution is -2.24. The van der Waals surface area contributed by atoms with Gasteiger partial charge < -0.3 is 10.6 Å². The third-order valence-electron chi connectivity index (χ3n) is 2.42. The number of carbonyl (C=O) groups is 1. The third kappa shape index (κ3) is 5.00. The first kappa shape index (κ1) is 14.9. The maximum absolute atomic E-state index is 11.7. The van der Waals surface area contributed by atoms with Gasteiger partial charge >= 0.3 is 0 Å². The van der Waals surface area contributed by atoms with Crippen molar-refractivity contribution in [1.82, 2.24) is 0 Å². The predicted molar refractivity (Wildman–Crippen MR) is 81.5 cm³/mol. The highest BCUT2D eigenvalue weighted by Gasteiger charge is 2.13. The van der Waals surface area contributed by atoms with Crippen molar-refractivity contribution in [2.75, 3.05) is 17.2 Å². The Balaban J connectivity index is 2.77. The maximum atomic E-state index is 11.7. The van der Waals surface area contributed by atoms with Crippen molar-refractivity contribution in [3.8, 4) is 0 Å². The number of para-hydroxylation sites is 2. The van der Waals surface area contributed by atoms with Gasteiger partial charge in [-0.1, -0.05) is 26.0 Å². The van der Waals surface area contributed by atoms with E-state index in [2.05, 4.69) is 23.3 Å². The smallest absolute Gasteiger partial charge is 0.226 e. The number of benzene rings is 1. The van der Waals surface area contributed by atoms with Crippen LogP contribution in [0.5, 0.6) is 0 Å². The van der Waals surface area contributed by atoms with Gasteiger partial charge in [-0.05, 0) is 26.0 Å². The number of rotatable bonds is 5. The van der Waals surface area contributed by atoms with Crippen LogP contribution >= 0.6 is 12.6 Å². The van der Waals surface area contributed by atoms with Crippen molar-refractivity contribution in [2.24, 2.45) is 5.92 Å². The van der Waals surface area contributed by atoms with Gasteiger partial charge in [0.2, 0.25) is 5.91 Å². The minimum absolute atomic E-state index is 0.0226. The van der Waals surface area contributed by atoms with Crippen LogP contribution in [0.1, 0.15) is 27.7 Å². The van der Waals surface area contributed by atoms with Gasteiger partial charge in [0, 0.05) is 17.2 Å². The molecule has 0 bridgehead atoms. The molecule has 0 aromatic heterocycles. The fourth-order valence-corrected chi connectivity index (χ4v) is 1.41. The second-order valence-corrected chi connectivity index (χ2v) is 6.57. The van der Waals surface area contributed by atoms with Gasteiger partial charge in [-0.25, -0.2) is 0 Å². The van der Waals surface area contributed by atoms with Crippen LogP contribution in [0, 0.1) is 5.92 Å². The van der Waals surface area contributed by atoms with Gasteiger partial charge in [-0.15, -0.1) is 0 Å². The van der Waals surface area contributed by atoms with Gasteiger partial charge in [0.1, 0.15) is 0 Å². The molecule has 0 aliphatic rings. The highest BCUT2D eigenvalue weighted by molar-refractivity contribution is 7.81. The summed E-state index contributed by atoms with van der Waals surface area (Å²) >= 11 is 4.47. The van der Waals surface area contributed by atoms with E-state index >= 15 is 0 Å². The normalized spacial score (nSPS) is 11.4. The van der Waals surface area contributed by atoms with E-state index in [-0.39, 0.29) is 16.6 Å². The molecule has 2 N–H and O–H groups in total. The summed E-state index contributed by atoms with van der Waals surface area (Å²) in [4.78, 5) is 11.7. The van der Waals surface area contributed by atoms with Crippen LogP contribution in [0.2, 0.25) is 0 Å². The molecule has 1 aromatic rings. The predicted octanol–water partition coefficient (Wildman–Crippen LogP) is 3.40. The van der Waals surface area contributed by atoms with Crippen LogP contribution in [-0.2, 0) is 4.79 Å². The molecular weight excluding hydrogens is 244 g/mol. The lowest BCUT2D eigenvalue weighted by Gasteiger charge is -2.20. The van der Waals surface area contributed by atoms with Gasteiger partial charge in [0.05, 0.1) is 11.4 Å². The van der Waals surface area contributed by atoms with E-state index in [9.17, 15) is 4.79 Å². The Labute approximate surface area is 115 Å². The molecule has 1 aromatic carbocycles. The van der Waals surface area contributed by atoms with Crippen molar-refractivity contribution in [2.45, 2.75) is 32.4 Å². The summed E-state index contributed by atoms with van der Waals surface area (Å²) in [7, 11) is 0. The number of amides is 1. The molecule has 18 heavy (non-hydrogen) atoms. The molecule has 0 heterocycles. The molecule has 3 nitrogen and oxygen atoms in total.